The lowest BCUT2D eigenvalue weighted by molar-refractivity contribution is -0.122. The summed E-state index contributed by atoms with van der Waals surface area (Å²) < 4.78 is 5.65. The Balaban J connectivity index is 1.57. The molecule has 2 N–H and O–H groups in total. The maximum atomic E-state index is 12.5. The lowest BCUT2D eigenvalue weighted by Gasteiger charge is -2.11. The third-order valence-electron chi connectivity index (χ3n) is 4.64. The predicted octanol–water partition coefficient (Wildman–Crippen LogP) is 2.84. The van der Waals surface area contributed by atoms with Crippen molar-refractivity contribution in [3.8, 4) is 5.75 Å². The zero-order valence-electron chi connectivity index (χ0n) is 14.3. The molecule has 0 bridgehead atoms. The van der Waals surface area contributed by atoms with Crippen LogP contribution in [0.3, 0.4) is 0 Å². The second-order valence-electron chi connectivity index (χ2n) is 6.38. The minimum atomic E-state index is -0.940. The zero-order chi connectivity index (χ0) is 18.0. The summed E-state index contributed by atoms with van der Waals surface area (Å²) in [5.41, 5.74) is 4.51. The molecule has 0 radical (unpaired) electrons. The molecule has 2 aromatic rings. The molecule has 0 saturated heterocycles. The van der Waals surface area contributed by atoms with E-state index in [9.17, 15) is 9.59 Å². The highest BCUT2D eigenvalue weighted by molar-refractivity contribution is 5.87. The molecule has 0 saturated carbocycles. The van der Waals surface area contributed by atoms with Gasteiger partial charge in [-0.3, -0.25) is 4.79 Å². The number of hydrogen-bond acceptors (Lipinski definition) is 3. The molecular formula is C20H21NO4. The lowest BCUT2D eigenvalue weighted by atomic mass is 9.96. The Bertz CT molecular complexity index is 811. The monoisotopic (exact) mass is 339 g/mol. The molecule has 0 spiro atoms. The smallest absolute Gasteiger partial charge is 0.335 e. The van der Waals surface area contributed by atoms with Gasteiger partial charge < -0.3 is 15.2 Å². The largest absolute Gasteiger partial charge is 0.492 e. The summed E-state index contributed by atoms with van der Waals surface area (Å²) >= 11 is 0. The second kappa shape index (κ2) is 6.97. The Hall–Kier alpha value is -2.82. The van der Waals surface area contributed by atoms with E-state index in [1.54, 1.807) is 24.3 Å². The number of aryl methyl sites for hydroxylation is 2. The van der Waals surface area contributed by atoms with Gasteiger partial charge in [0.1, 0.15) is 18.3 Å². The molecule has 5 heteroatoms. The van der Waals surface area contributed by atoms with Gasteiger partial charge in [0.15, 0.2) is 0 Å². The summed E-state index contributed by atoms with van der Waals surface area (Å²) in [6.07, 6.45) is 0.652. The first kappa shape index (κ1) is 17.0. The van der Waals surface area contributed by atoms with Crippen LogP contribution in [0.25, 0.3) is 0 Å². The quantitative estimate of drug-likeness (QED) is 0.878. The van der Waals surface area contributed by atoms with Gasteiger partial charge in [-0.05, 0) is 55.2 Å². The van der Waals surface area contributed by atoms with E-state index in [4.69, 9.17) is 9.84 Å². The van der Waals surface area contributed by atoms with Gasteiger partial charge in [0.25, 0.3) is 0 Å². The van der Waals surface area contributed by atoms with Crippen LogP contribution in [-0.4, -0.2) is 30.1 Å². The van der Waals surface area contributed by atoms with Crippen LogP contribution in [0, 0.1) is 13.8 Å². The van der Waals surface area contributed by atoms with Gasteiger partial charge in [0.05, 0.1) is 5.56 Å². The van der Waals surface area contributed by atoms with E-state index in [0.29, 0.717) is 19.6 Å². The van der Waals surface area contributed by atoms with Gasteiger partial charge in [-0.15, -0.1) is 0 Å². The standard InChI is InChI=1S/C20H21NO4/c1-12-9-16-17(11-25-18(16)10-13(12)2)19(22)21-8-7-14-3-5-15(6-4-14)20(23)24/h3-6,9-10,17H,7-8,11H2,1-2H3,(H,21,22)(H,23,24). The molecule has 3 rings (SSSR count). The number of nitrogens with one attached hydrogen (secondary N) is 1. The number of rotatable bonds is 5. The average molecular weight is 339 g/mol. The summed E-state index contributed by atoms with van der Waals surface area (Å²) in [5.74, 6) is -0.453. The van der Waals surface area contributed by atoms with E-state index in [0.717, 1.165) is 28.0 Å². The number of carbonyl (C=O) groups is 2. The van der Waals surface area contributed by atoms with E-state index in [1.165, 1.54) is 0 Å². The summed E-state index contributed by atoms with van der Waals surface area (Å²) in [5, 5.41) is 11.8. The molecule has 1 aliphatic heterocycles. The van der Waals surface area contributed by atoms with Crippen LogP contribution in [0.2, 0.25) is 0 Å². The van der Waals surface area contributed by atoms with Gasteiger partial charge >= 0.3 is 5.97 Å². The van der Waals surface area contributed by atoms with E-state index >= 15 is 0 Å². The normalized spacial score (nSPS) is 15.4. The third-order valence-corrected chi connectivity index (χ3v) is 4.64. The molecule has 1 amide bonds. The van der Waals surface area contributed by atoms with Crippen LogP contribution in [0.15, 0.2) is 36.4 Å². The van der Waals surface area contributed by atoms with Gasteiger partial charge in [0.2, 0.25) is 5.91 Å². The molecule has 25 heavy (non-hydrogen) atoms. The maximum Gasteiger partial charge on any atom is 0.335 e. The molecule has 1 heterocycles. The first-order valence-corrected chi connectivity index (χ1v) is 8.29. The Morgan fingerprint density at radius 1 is 1.16 bits per heavy atom. The summed E-state index contributed by atoms with van der Waals surface area (Å²) in [7, 11) is 0. The van der Waals surface area contributed by atoms with Gasteiger partial charge in [-0.25, -0.2) is 4.79 Å². The number of aromatic carboxylic acids is 1. The molecule has 1 aliphatic rings. The van der Waals surface area contributed by atoms with Crippen molar-refractivity contribution in [3.63, 3.8) is 0 Å². The first-order chi connectivity index (χ1) is 12.0. The van der Waals surface area contributed by atoms with Crippen LogP contribution < -0.4 is 10.1 Å². The fraction of sp³-hybridized carbons (Fsp3) is 0.300. The Labute approximate surface area is 146 Å². The van der Waals surface area contributed by atoms with E-state index in [1.807, 2.05) is 26.0 Å². The topological polar surface area (TPSA) is 75.6 Å². The molecule has 0 aliphatic carbocycles. The predicted molar refractivity (Wildman–Crippen MR) is 94.3 cm³/mol. The van der Waals surface area contributed by atoms with Crippen molar-refractivity contribution in [1.82, 2.24) is 5.32 Å². The van der Waals surface area contributed by atoms with Crippen molar-refractivity contribution >= 4 is 11.9 Å². The van der Waals surface area contributed by atoms with Gasteiger partial charge in [-0.1, -0.05) is 18.2 Å². The molecule has 2 aromatic carbocycles. The fourth-order valence-electron chi connectivity index (χ4n) is 2.96. The highest BCUT2D eigenvalue weighted by Crippen LogP contribution is 2.36. The highest BCUT2D eigenvalue weighted by atomic mass is 16.5. The second-order valence-corrected chi connectivity index (χ2v) is 6.38. The van der Waals surface area contributed by atoms with E-state index in [2.05, 4.69) is 5.32 Å². The number of ether oxygens (including phenoxy) is 1. The first-order valence-electron chi connectivity index (χ1n) is 8.29. The molecule has 0 aromatic heterocycles. The van der Waals surface area contributed by atoms with Crippen molar-refractivity contribution in [3.05, 3.63) is 64.2 Å². The SMILES string of the molecule is Cc1cc2c(cc1C)C(C(=O)NCCc1ccc(C(=O)O)cc1)CO2. The number of amides is 1. The fourth-order valence-corrected chi connectivity index (χ4v) is 2.96. The summed E-state index contributed by atoms with van der Waals surface area (Å²) in [6.45, 7) is 4.94. The van der Waals surface area contributed by atoms with Crippen molar-refractivity contribution < 1.29 is 19.4 Å². The van der Waals surface area contributed by atoms with Crippen LogP contribution in [0.5, 0.6) is 5.75 Å². The van der Waals surface area contributed by atoms with Crippen LogP contribution in [0.4, 0.5) is 0 Å². The maximum absolute atomic E-state index is 12.5. The molecule has 0 fully saturated rings. The van der Waals surface area contributed by atoms with E-state index < -0.39 is 5.97 Å². The van der Waals surface area contributed by atoms with Crippen molar-refractivity contribution in [2.75, 3.05) is 13.2 Å². The molecule has 1 unspecified atom stereocenters. The van der Waals surface area contributed by atoms with Crippen molar-refractivity contribution in [2.24, 2.45) is 0 Å². The average Bonchev–Trinajstić information content (AvgIpc) is 2.98. The number of fused-ring (bicyclic) bond motifs is 1. The lowest BCUT2D eigenvalue weighted by Crippen LogP contribution is -2.31. The van der Waals surface area contributed by atoms with Crippen molar-refractivity contribution in [1.29, 1.82) is 0 Å². The highest BCUT2D eigenvalue weighted by Gasteiger charge is 2.30. The molecule has 5 nitrogen and oxygen atoms in total. The number of carboxylic acid groups (broad SMARTS) is 1. The van der Waals surface area contributed by atoms with Crippen LogP contribution in [-0.2, 0) is 11.2 Å². The number of carboxylic acids is 1. The van der Waals surface area contributed by atoms with Crippen LogP contribution in [0.1, 0.15) is 38.5 Å². The van der Waals surface area contributed by atoms with Crippen molar-refractivity contribution in [2.45, 2.75) is 26.2 Å². The summed E-state index contributed by atoms with van der Waals surface area (Å²) in [4.78, 5) is 23.3. The molecule has 130 valence electrons. The molecule has 1 atom stereocenters. The zero-order valence-corrected chi connectivity index (χ0v) is 14.3. The Morgan fingerprint density at radius 3 is 2.52 bits per heavy atom. The minimum Gasteiger partial charge on any atom is -0.492 e. The Morgan fingerprint density at radius 2 is 1.84 bits per heavy atom. The third kappa shape index (κ3) is 3.65. The van der Waals surface area contributed by atoms with Gasteiger partial charge in [-0.2, -0.15) is 0 Å². The number of benzene rings is 2. The minimum absolute atomic E-state index is 0.0378. The number of carbonyl (C=O) groups excluding carboxylic acids is 1. The molecular weight excluding hydrogens is 318 g/mol. The van der Waals surface area contributed by atoms with E-state index in [-0.39, 0.29) is 17.4 Å². The number of hydrogen-bond donors (Lipinski definition) is 2. The Kier molecular flexibility index (Phi) is 4.74. The van der Waals surface area contributed by atoms with Gasteiger partial charge in [0, 0.05) is 12.1 Å². The summed E-state index contributed by atoms with van der Waals surface area (Å²) in [6, 6.07) is 10.7. The van der Waals surface area contributed by atoms with Crippen LogP contribution >= 0.6 is 0 Å².